The molecule has 2 aromatic heterocycles. The van der Waals surface area contributed by atoms with Crippen LogP contribution >= 0.6 is 11.3 Å². The molecule has 1 aliphatic rings. The molecule has 1 aromatic carbocycles. The van der Waals surface area contributed by atoms with E-state index in [9.17, 15) is 9.18 Å². The van der Waals surface area contributed by atoms with Crippen LogP contribution in [0.15, 0.2) is 18.2 Å². The van der Waals surface area contributed by atoms with Crippen molar-refractivity contribution in [1.82, 2.24) is 9.97 Å². The zero-order valence-electron chi connectivity index (χ0n) is 19.3. The lowest BCUT2D eigenvalue weighted by molar-refractivity contribution is -0.00539. The smallest absolute Gasteiger partial charge is 0.266 e. The van der Waals surface area contributed by atoms with E-state index in [0.29, 0.717) is 56.8 Å². The van der Waals surface area contributed by atoms with Crippen LogP contribution in [0.1, 0.15) is 34.9 Å². The first-order chi connectivity index (χ1) is 15.8. The molecule has 8 nitrogen and oxygen atoms in total. The van der Waals surface area contributed by atoms with E-state index < -0.39 is 0 Å². The van der Waals surface area contributed by atoms with Crippen LogP contribution in [0, 0.1) is 12.7 Å². The number of fused-ring (bicyclic) bond motifs is 1. The van der Waals surface area contributed by atoms with Crippen molar-refractivity contribution in [3.8, 4) is 5.88 Å². The van der Waals surface area contributed by atoms with Crippen molar-refractivity contribution in [2.75, 3.05) is 37.5 Å². The molecule has 0 bridgehead atoms. The van der Waals surface area contributed by atoms with E-state index in [1.165, 1.54) is 24.5 Å². The maximum atomic E-state index is 14.9. The largest absolute Gasteiger partial charge is 0.480 e. The summed E-state index contributed by atoms with van der Waals surface area (Å²) in [5.74, 6) is 0.134. The summed E-state index contributed by atoms with van der Waals surface area (Å²) in [7, 11) is 3.08. The third-order valence-corrected chi connectivity index (χ3v) is 6.63. The molecule has 10 heteroatoms. The second-order valence-corrected chi connectivity index (χ2v) is 9.10. The summed E-state index contributed by atoms with van der Waals surface area (Å²) in [6, 6.07) is 4.75. The molecule has 0 aliphatic carbocycles. The van der Waals surface area contributed by atoms with E-state index in [1.54, 1.807) is 19.2 Å². The van der Waals surface area contributed by atoms with Crippen molar-refractivity contribution >= 4 is 38.8 Å². The lowest BCUT2D eigenvalue weighted by atomic mass is 10.1. The fourth-order valence-electron chi connectivity index (χ4n) is 4.11. The van der Waals surface area contributed by atoms with Crippen LogP contribution in [0.3, 0.4) is 0 Å². The van der Waals surface area contributed by atoms with Crippen molar-refractivity contribution in [1.29, 1.82) is 0 Å². The van der Waals surface area contributed by atoms with E-state index >= 15 is 0 Å². The fraction of sp³-hybridized carbons (Fsp3) is 0.435. The molecule has 0 radical (unpaired) electrons. The zero-order chi connectivity index (χ0) is 23.7. The van der Waals surface area contributed by atoms with Crippen LogP contribution in [-0.2, 0) is 16.1 Å². The number of carbonyl (C=O) groups is 1. The van der Waals surface area contributed by atoms with Gasteiger partial charge in [-0.15, -0.1) is 11.3 Å². The van der Waals surface area contributed by atoms with Gasteiger partial charge in [0.1, 0.15) is 17.3 Å². The molecule has 1 amide bonds. The van der Waals surface area contributed by atoms with E-state index in [1.807, 2.05) is 25.7 Å². The molecular formula is C23H27FN4O4S. The maximum absolute atomic E-state index is 14.9. The summed E-state index contributed by atoms with van der Waals surface area (Å²) in [5, 5.41) is 3.49. The monoisotopic (exact) mass is 474 g/mol. The summed E-state index contributed by atoms with van der Waals surface area (Å²) in [6.07, 6.45) is 0.0425. The first kappa shape index (κ1) is 23.3. The summed E-state index contributed by atoms with van der Waals surface area (Å²) in [5.41, 5.74) is 1.59. The van der Waals surface area contributed by atoms with Crippen molar-refractivity contribution in [3.63, 3.8) is 0 Å². The quantitative estimate of drug-likeness (QED) is 0.574. The second kappa shape index (κ2) is 9.58. The van der Waals surface area contributed by atoms with E-state index in [0.717, 1.165) is 0 Å². The Morgan fingerprint density at radius 1 is 1.27 bits per heavy atom. The van der Waals surface area contributed by atoms with Crippen LogP contribution in [0.5, 0.6) is 5.88 Å². The number of hydrogen-bond acceptors (Lipinski definition) is 8. The number of carbonyl (C=O) groups excluding carboxylic acids is 1. The molecule has 1 aliphatic heterocycles. The van der Waals surface area contributed by atoms with Gasteiger partial charge in [-0.2, -0.15) is 4.98 Å². The number of morpholine rings is 1. The van der Waals surface area contributed by atoms with Crippen LogP contribution in [0.4, 0.5) is 15.8 Å². The minimum absolute atomic E-state index is 0.0213. The normalized spacial score (nSPS) is 18.5. The Bertz CT molecular complexity index is 1170. The first-order valence-corrected chi connectivity index (χ1v) is 11.5. The van der Waals surface area contributed by atoms with Gasteiger partial charge in [0.25, 0.3) is 5.91 Å². The molecule has 2 unspecified atom stereocenters. The Morgan fingerprint density at radius 2 is 2.00 bits per heavy atom. The van der Waals surface area contributed by atoms with E-state index in [4.69, 9.17) is 14.2 Å². The lowest BCUT2D eigenvalue weighted by Crippen LogP contribution is -2.45. The number of nitrogens with one attached hydrogen (secondary N) is 1. The predicted octanol–water partition coefficient (Wildman–Crippen LogP) is 4.16. The van der Waals surface area contributed by atoms with Crippen molar-refractivity contribution in [3.05, 3.63) is 40.3 Å². The van der Waals surface area contributed by atoms with Gasteiger partial charge in [-0.1, -0.05) is 0 Å². The Kier molecular flexibility index (Phi) is 6.78. The van der Waals surface area contributed by atoms with Crippen LogP contribution in [0.2, 0.25) is 0 Å². The van der Waals surface area contributed by atoms with Gasteiger partial charge in [-0.3, -0.25) is 4.79 Å². The predicted molar refractivity (Wildman–Crippen MR) is 126 cm³/mol. The average molecular weight is 475 g/mol. The highest BCUT2D eigenvalue weighted by Crippen LogP contribution is 2.35. The molecule has 3 heterocycles. The number of nitrogens with zero attached hydrogens (tertiary/aromatic N) is 3. The number of rotatable bonds is 6. The number of ether oxygens (including phenoxy) is 3. The van der Waals surface area contributed by atoms with Crippen molar-refractivity contribution in [2.24, 2.45) is 0 Å². The molecule has 1 N–H and O–H groups in total. The first-order valence-electron chi connectivity index (χ1n) is 10.6. The highest BCUT2D eigenvalue weighted by molar-refractivity contribution is 7.20. The molecule has 33 heavy (non-hydrogen) atoms. The van der Waals surface area contributed by atoms with E-state index in [-0.39, 0.29) is 30.5 Å². The molecule has 4 rings (SSSR count). The van der Waals surface area contributed by atoms with Crippen molar-refractivity contribution < 1.29 is 23.4 Å². The molecule has 0 saturated carbocycles. The van der Waals surface area contributed by atoms with Crippen LogP contribution < -0.4 is 15.0 Å². The summed E-state index contributed by atoms with van der Waals surface area (Å²) < 4.78 is 31.2. The van der Waals surface area contributed by atoms with Crippen LogP contribution in [-0.4, -0.2) is 55.4 Å². The third-order valence-electron chi connectivity index (χ3n) is 5.44. The maximum Gasteiger partial charge on any atom is 0.266 e. The fourth-order valence-corrected chi connectivity index (χ4v) is 5.19. The standard InChI is InChI=1S/C23H27FN4O4S/c1-12-9-28(10-13(2)32-12)17-7-6-15(8-16(17)24)25-21(29)20-14(3)19-22(31-5)26-18(11-30-4)27-23(19)33-20/h6-8,12-13H,9-11H2,1-5H3,(H,25,29). The SMILES string of the molecule is COCc1nc(OC)c2c(C)c(C(=O)Nc3ccc(N4CC(C)OC(C)C4)c(F)c3)sc2n1. The average Bonchev–Trinajstić information content (AvgIpc) is 3.09. The van der Waals surface area contributed by atoms with Gasteiger partial charge in [0.15, 0.2) is 5.82 Å². The highest BCUT2D eigenvalue weighted by atomic mass is 32.1. The van der Waals surface area contributed by atoms with Gasteiger partial charge in [-0.05, 0) is 44.5 Å². The summed E-state index contributed by atoms with van der Waals surface area (Å²) >= 11 is 1.24. The number of anilines is 2. The Morgan fingerprint density at radius 3 is 2.64 bits per heavy atom. The zero-order valence-corrected chi connectivity index (χ0v) is 20.1. The number of amides is 1. The van der Waals surface area contributed by atoms with Gasteiger partial charge >= 0.3 is 0 Å². The molecular weight excluding hydrogens is 447 g/mol. The number of thiophene rings is 1. The van der Waals surface area contributed by atoms with Gasteiger partial charge in [0.05, 0.1) is 35.3 Å². The number of aryl methyl sites for hydroxylation is 1. The molecule has 0 spiro atoms. The molecule has 2 atom stereocenters. The third kappa shape index (κ3) is 4.78. The van der Waals surface area contributed by atoms with Gasteiger partial charge in [-0.25, -0.2) is 9.37 Å². The molecule has 1 fully saturated rings. The van der Waals surface area contributed by atoms with Gasteiger partial charge in [0.2, 0.25) is 5.88 Å². The van der Waals surface area contributed by atoms with Gasteiger partial charge < -0.3 is 24.4 Å². The van der Waals surface area contributed by atoms with E-state index in [2.05, 4.69) is 15.3 Å². The summed E-state index contributed by atoms with van der Waals surface area (Å²) in [6.45, 7) is 7.22. The lowest BCUT2D eigenvalue weighted by Gasteiger charge is -2.37. The Hall–Kier alpha value is -2.82. The number of benzene rings is 1. The second-order valence-electron chi connectivity index (χ2n) is 8.10. The van der Waals surface area contributed by atoms with Gasteiger partial charge in [0, 0.05) is 25.9 Å². The van der Waals surface area contributed by atoms with Crippen LogP contribution in [0.25, 0.3) is 10.2 Å². The summed E-state index contributed by atoms with van der Waals surface area (Å²) in [4.78, 5) is 24.9. The number of hydrogen-bond donors (Lipinski definition) is 1. The number of halogens is 1. The Balaban J connectivity index is 1.58. The molecule has 3 aromatic rings. The minimum atomic E-state index is -0.390. The highest BCUT2D eigenvalue weighted by Gasteiger charge is 2.25. The minimum Gasteiger partial charge on any atom is -0.480 e. The number of aromatic nitrogens is 2. The van der Waals surface area contributed by atoms with Crippen molar-refractivity contribution in [2.45, 2.75) is 39.6 Å². The molecule has 1 saturated heterocycles. The topological polar surface area (TPSA) is 85.8 Å². The Labute approximate surface area is 195 Å². The number of methoxy groups -OCH3 is 2. The molecule has 176 valence electrons.